The number of hydrogen-bond acceptors (Lipinski definition) is 4. The first kappa shape index (κ1) is 18.5. The molecule has 0 radical (unpaired) electrons. The van der Waals surface area contributed by atoms with Crippen LogP contribution in [0, 0.1) is 5.41 Å². The molecule has 1 aliphatic rings. The van der Waals surface area contributed by atoms with Crippen LogP contribution in [0.1, 0.15) is 69.9 Å². The maximum atomic E-state index is 12.5. The van der Waals surface area contributed by atoms with E-state index >= 15 is 0 Å². The number of ether oxygens (including phenoxy) is 2. The SMILES string of the molecule is CCOC(=O)C1(C(=O)OCC)CCC(c2ccc(C(C)C)cc2)C1. The molecule has 2 rings (SSSR count). The lowest BCUT2D eigenvalue weighted by molar-refractivity contribution is -0.171. The van der Waals surface area contributed by atoms with Gasteiger partial charge in [0.25, 0.3) is 0 Å². The third-order valence-electron chi connectivity index (χ3n) is 4.92. The Morgan fingerprint density at radius 2 is 1.62 bits per heavy atom. The van der Waals surface area contributed by atoms with Gasteiger partial charge in [-0.1, -0.05) is 38.1 Å². The van der Waals surface area contributed by atoms with Gasteiger partial charge < -0.3 is 9.47 Å². The zero-order chi connectivity index (χ0) is 17.7. The van der Waals surface area contributed by atoms with Gasteiger partial charge in [0.05, 0.1) is 13.2 Å². The van der Waals surface area contributed by atoms with Crippen molar-refractivity contribution in [1.29, 1.82) is 0 Å². The van der Waals surface area contributed by atoms with Crippen molar-refractivity contribution in [3.8, 4) is 0 Å². The average Bonchev–Trinajstić information content (AvgIpc) is 3.02. The van der Waals surface area contributed by atoms with Crippen molar-refractivity contribution in [2.45, 2.75) is 58.8 Å². The van der Waals surface area contributed by atoms with E-state index < -0.39 is 17.4 Å². The van der Waals surface area contributed by atoms with Crippen LogP contribution in [0.25, 0.3) is 0 Å². The van der Waals surface area contributed by atoms with Crippen LogP contribution in [0.2, 0.25) is 0 Å². The van der Waals surface area contributed by atoms with Crippen LogP contribution in [-0.2, 0) is 19.1 Å². The van der Waals surface area contributed by atoms with Gasteiger partial charge in [-0.3, -0.25) is 9.59 Å². The highest BCUT2D eigenvalue weighted by Gasteiger charge is 2.54. The smallest absolute Gasteiger partial charge is 0.323 e. The quantitative estimate of drug-likeness (QED) is 0.579. The molecular formula is C20H28O4. The van der Waals surface area contributed by atoms with Crippen LogP contribution in [0.4, 0.5) is 0 Å². The monoisotopic (exact) mass is 332 g/mol. The molecule has 0 saturated heterocycles. The average molecular weight is 332 g/mol. The summed E-state index contributed by atoms with van der Waals surface area (Å²) in [5, 5.41) is 0. The summed E-state index contributed by atoms with van der Waals surface area (Å²) in [5.74, 6) is -0.213. The zero-order valence-corrected chi connectivity index (χ0v) is 15.1. The lowest BCUT2D eigenvalue weighted by Gasteiger charge is -2.24. The summed E-state index contributed by atoms with van der Waals surface area (Å²) in [6.45, 7) is 8.39. The molecular weight excluding hydrogens is 304 g/mol. The van der Waals surface area contributed by atoms with Gasteiger partial charge in [-0.05, 0) is 56.1 Å². The summed E-state index contributed by atoms with van der Waals surface area (Å²) in [6, 6.07) is 8.50. The van der Waals surface area contributed by atoms with Crippen molar-refractivity contribution in [2.24, 2.45) is 5.41 Å². The van der Waals surface area contributed by atoms with E-state index in [0.29, 0.717) is 18.8 Å². The maximum Gasteiger partial charge on any atom is 0.323 e. The minimum absolute atomic E-state index is 0.181. The predicted octanol–water partition coefficient (Wildman–Crippen LogP) is 4.19. The summed E-state index contributed by atoms with van der Waals surface area (Å²) >= 11 is 0. The Bertz CT molecular complexity index is 556. The molecule has 0 amide bonds. The predicted molar refractivity (Wildman–Crippen MR) is 92.8 cm³/mol. The van der Waals surface area contributed by atoms with Crippen LogP contribution < -0.4 is 0 Å². The molecule has 1 unspecified atom stereocenters. The lowest BCUT2D eigenvalue weighted by Crippen LogP contribution is -2.40. The fourth-order valence-corrected chi connectivity index (χ4v) is 3.48. The van der Waals surface area contributed by atoms with E-state index in [4.69, 9.17) is 9.47 Å². The Kier molecular flexibility index (Phi) is 6.03. The van der Waals surface area contributed by atoms with E-state index in [1.165, 1.54) is 11.1 Å². The van der Waals surface area contributed by atoms with Crippen molar-refractivity contribution in [2.75, 3.05) is 13.2 Å². The van der Waals surface area contributed by atoms with E-state index in [1.54, 1.807) is 13.8 Å². The van der Waals surface area contributed by atoms with Crippen molar-refractivity contribution in [3.63, 3.8) is 0 Å². The van der Waals surface area contributed by atoms with Gasteiger partial charge in [-0.15, -0.1) is 0 Å². The summed E-state index contributed by atoms with van der Waals surface area (Å²) < 4.78 is 10.4. The Morgan fingerprint density at radius 1 is 1.08 bits per heavy atom. The molecule has 1 aliphatic carbocycles. The standard InChI is InChI=1S/C20H28O4/c1-5-23-18(21)20(19(22)24-6-2)12-11-17(13-20)16-9-7-15(8-10-16)14(3)4/h7-10,14,17H,5-6,11-13H2,1-4H3. The van der Waals surface area contributed by atoms with Crippen LogP contribution in [0.5, 0.6) is 0 Å². The van der Waals surface area contributed by atoms with E-state index in [9.17, 15) is 9.59 Å². The Balaban J connectivity index is 2.22. The van der Waals surface area contributed by atoms with Crippen molar-refractivity contribution >= 4 is 11.9 Å². The van der Waals surface area contributed by atoms with Crippen LogP contribution in [-0.4, -0.2) is 25.2 Å². The first-order chi connectivity index (χ1) is 11.4. The minimum Gasteiger partial charge on any atom is -0.465 e. The van der Waals surface area contributed by atoms with Gasteiger partial charge in [-0.2, -0.15) is 0 Å². The highest BCUT2D eigenvalue weighted by molar-refractivity contribution is 6.00. The van der Waals surface area contributed by atoms with Gasteiger partial charge in [0.15, 0.2) is 5.41 Å². The number of hydrogen-bond donors (Lipinski definition) is 0. The largest absolute Gasteiger partial charge is 0.465 e. The highest BCUT2D eigenvalue weighted by Crippen LogP contribution is 2.48. The molecule has 0 heterocycles. The molecule has 0 N–H and O–H groups in total. The third kappa shape index (κ3) is 3.63. The number of carbonyl (C=O) groups excluding carboxylic acids is 2. The second-order valence-corrected chi connectivity index (χ2v) is 6.78. The van der Waals surface area contributed by atoms with E-state index in [-0.39, 0.29) is 19.1 Å². The van der Waals surface area contributed by atoms with Crippen LogP contribution in [0.3, 0.4) is 0 Å². The number of carbonyl (C=O) groups is 2. The molecule has 0 spiro atoms. The minimum atomic E-state index is -1.15. The molecule has 1 fully saturated rings. The number of benzene rings is 1. The van der Waals surface area contributed by atoms with Gasteiger partial charge in [0, 0.05) is 0 Å². The highest BCUT2D eigenvalue weighted by atomic mass is 16.6. The Labute approximate surface area is 144 Å². The molecule has 4 heteroatoms. The van der Waals surface area contributed by atoms with Gasteiger partial charge in [0.1, 0.15) is 0 Å². The van der Waals surface area contributed by atoms with Crippen LogP contribution >= 0.6 is 0 Å². The summed E-state index contributed by atoms with van der Waals surface area (Å²) in [7, 11) is 0. The van der Waals surface area contributed by atoms with Crippen molar-refractivity contribution < 1.29 is 19.1 Å². The maximum absolute atomic E-state index is 12.5. The zero-order valence-electron chi connectivity index (χ0n) is 15.1. The molecule has 0 aliphatic heterocycles. The molecule has 132 valence electrons. The topological polar surface area (TPSA) is 52.6 Å². The Morgan fingerprint density at radius 3 is 2.08 bits per heavy atom. The summed E-state index contributed by atoms with van der Waals surface area (Å²) in [4.78, 5) is 25.0. The van der Waals surface area contributed by atoms with E-state index in [2.05, 4.69) is 38.1 Å². The summed E-state index contributed by atoms with van der Waals surface area (Å²) in [5.41, 5.74) is 1.32. The molecule has 0 aromatic heterocycles. The van der Waals surface area contributed by atoms with Gasteiger partial charge in [-0.25, -0.2) is 0 Å². The lowest BCUT2D eigenvalue weighted by atomic mass is 9.84. The molecule has 1 saturated carbocycles. The molecule has 1 atom stereocenters. The third-order valence-corrected chi connectivity index (χ3v) is 4.92. The number of rotatable bonds is 6. The van der Waals surface area contributed by atoms with Crippen molar-refractivity contribution in [3.05, 3.63) is 35.4 Å². The van der Waals surface area contributed by atoms with Crippen LogP contribution in [0.15, 0.2) is 24.3 Å². The number of esters is 2. The fraction of sp³-hybridized carbons (Fsp3) is 0.600. The molecule has 24 heavy (non-hydrogen) atoms. The molecule has 4 nitrogen and oxygen atoms in total. The Hall–Kier alpha value is -1.84. The molecule has 0 bridgehead atoms. The first-order valence-corrected chi connectivity index (χ1v) is 8.89. The van der Waals surface area contributed by atoms with E-state index in [0.717, 1.165) is 6.42 Å². The normalized spacial score (nSPS) is 19.3. The second kappa shape index (κ2) is 7.82. The van der Waals surface area contributed by atoms with E-state index in [1.807, 2.05) is 0 Å². The second-order valence-electron chi connectivity index (χ2n) is 6.78. The van der Waals surface area contributed by atoms with Gasteiger partial charge in [0.2, 0.25) is 0 Å². The first-order valence-electron chi connectivity index (χ1n) is 8.89. The molecule has 1 aromatic rings. The molecule has 1 aromatic carbocycles. The van der Waals surface area contributed by atoms with Gasteiger partial charge >= 0.3 is 11.9 Å². The van der Waals surface area contributed by atoms with Crippen molar-refractivity contribution in [1.82, 2.24) is 0 Å². The fourth-order valence-electron chi connectivity index (χ4n) is 3.48. The summed E-state index contributed by atoms with van der Waals surface area (Å²) in [6.07, 6.45) is 1.74.